The van der Waals surface area contributed by atoms with Gasteiger partial charge in [-0.15, -0.1) is 0 Å². The summed E-state index contributed by atoms with van der Waals surface area (Å²) in [6, 6.07) is 16.6. The Balaban J connectivity index is 1.31. The second-order valence-electron chi connectivity index (χ2n) is 8.85. The maximum absolute atomic E-state index is 13.4. The maximum atomic E-state index is 13.4. The van der Waals surface area contributed by atoms with E-state index in [1.54, 1.807) is 0 Å². The Morgan fingerprint density at radius 3 is 2.81 bits per heavy atom. The molecule has 5 rings (SSSR count). The number of urea groups is 1. The average molecular weight is 482 g/mol. The molecule has 0 aromatic heterocycles. The fraction of sp³-hybridized carbons (Fsp3) is 0.440. The maximum Gasteiger partial charge on any atom is 0.317 e. The molecular weight excluding hydrogens is 454 g/mol. The van der Waals surface area contributed by atoms with Gasteiger partial charge in [-0.05, 0) is 60.9 Å². The van der Waals surface area contributed by atoms with E-state index in [9.17, 15) is 9.59 Å². The summed E-state index contributed by atoms with van der Waals surface area (Å²) in [6.07, 6.45) is 4.32. The van der Waals surface area contributed by atoms with E-state index in [1.165, 1.54) is 16.7 Å². The number of nitrogens with one attached hydrogen (secondary N) is 1. The van der Waals surface area contributed by atoms with Crippen LogP contribution in [-0.2, 0) is 17.6 Å². The van der Waals surface area contributed by atoms with Crippen LogP contribution in [-0.4, -0.2) is 47.4 Å². The Morgan fingerprint density at radius 2 is 1.97 bits per heavy atom. The summed E-state index contributed by atoms with van der Waals surface area (Å²) in [5.41, 5.74) is 3.78. The van der Waals surface area contributed by atoms with Crippen molar-refractivity contribution in [1.82, 2.24) is 15.1 Å². The number of hydrogen-bond donors (Lipinski definition) is 1. The van der Waals surface area contributed by atoms with Crippen LogP contribution in [0, 0.1) is 5.92 Å². The predicted octanol–water partition coefficient (Wildman–Crippen LogP) is 4.31. The van der Waals surface area contributed by atoms with Crippen LogP contribution in [0.3, 0.4) is 0 Å². The molecule has 3 heterocycles. The highest BCUT2D eigenvalue weighted by Gasteiger charge is 2.48. The number of halogens is 1. The molecule has 31 heavy (non-hydrogen) atoms. The topological polar surface area (TPSA) is 52.7 Å². The normalized spacial score (nSPS) is 24.8. The number of hydrogen-bond acceptors (Lipinski definition) is 2. The highest BCUT2D eigenvalue weighted by atomic mass is 79.9. The van der Waals surface area contributed by atoms with Crippen LogP contribution in [0.1, 0.15) is 42.0 Å². The van der Waals surface area contributed by atoms with Gasteiger partial charge >= 0.3 is 6.03 Å². The number of piperidine rings is 2. The fourth-order valence-corrected chi connectivity index (χ4v) is 6.00. The largest absolute Gasteiger partial charge is 0.338 e. The van der Waals surface area contributed by atoms with Crippen LogP contribution in [0.25, 0.3) is 0 Å². The molecule has 2 aromatic carbocycles. The third-order valence-corrected chi connectivity index (χ3v) is 7.59. The van der Waals surface area contributed by atoms with Gasteiger partial charge in [-0.25, -0.2) is 4.79 Å². The highest BCUT2D eigenvalue weighted by molar-refractivity contribution is 9.10. The van der Waals surface area contributed by atoms with Crippen LogP contribution < -0.4 is 5.32 Å². The van der Waals surface area contributed by atoms with Crippen LogP contribution >= 0.6 is 15.9 Å². The zero-order valence-corrected chi connectivity index (χ0v) is 19.2. The SMILES string of the molecule is O=C(NCCc1ccccc1)N1CCC[C@H]2C(=O)N3CCc4cc(Br)ccc4[C@@H]3C[C@H]21. The molecule has 0 spiro atoms. The Labute approximate surface area is 191 Å². The van der Waals surface area contributed by atoms with E-state index in [0.29, 0.717) is 6.54 Å². The number of fused-ring (bicyclic) bond motifs is 4. The first kappa shape index (κ1) is 20.6. The summed E-state index contributed by atoms with van der Waals surface area (Å²) < 4.78 is 1.08. The third-order valence-electron chi connectivity index (χ3n) is 7.10. The predicted molar refractivity (Wildman–Crippen MR) is 124 cm³/mol. The van der Waals surface area contributed by atoms with E-state index >= 15 is 0 Å². The second kappa shape index (κ2) is 8.65. The number of nitrogens with zero attached hydrogens (tertiary/aromatic N) is 2. The second-order valence-corrected chi connectivity index (χ2v) is 9.77. The van der Waals surface area contributed by atoms with Gasteiger partial charge < -0.3 is 15.1 Å². The number of benzene rings is 2. The number of likely N-dealkylation sites (tertiary alicyclic amines) is 1. The lowest BCUT2D eigenvalue weighted by Gasteiger charge is -2.51. The van der Waals surface area contributed by atoms with Crippen molar-refractivity contribution in [3.8, 4) is 0 Å². The van der Waals surface area contributed by atoms with Crippen LogP contribution in [0.4, 0.5) is 4.79 Å². The minimum atomic E-state index is -0.0677. The van der Waals surface area contributed by atoms with E-state index < -0.39 is 0 Å². The molecule has 6 heteroatoms. The molecule has 162 valence electrons. The van der Waals surface area contributed by atoms with E-state index in [-0.39, 0.29) is 29.9 Å². The van der Waals surface area contributed by atoms with Gasteiger partial charge in [0.15, 0.2) is 0 Å². The molecular formula is C25H28BrN3O2. The molecule has 3 amide bonds. The minimum absolute atomic E-state index is 0.0196. The van der Waals surface area contributed by atoms with Crippen molar-refractivity contribution in [3.05, 3.63) is 69.7 Å². The van der Waals surface area contributed by atoms with Crippen molar-refractivity contribution >= 4 is 27.9 Å². The van der Waals surface area contributed by atoms with Crippen molar-refractivity contribution < 1.29 is 9.59 Å². The summed E-state index contributed by atoms with van der Waals surface area (Å²) in [4.78, 5) is 30.5. The summed E-state index contributed by atoms with van der Waals surface area (Å²) in [7, 11) is 0. The Morgan fingerprint density at radius 1 is 1.13 bits per heavy atom. The van der Waals surface area contributed by atoms with Gasteiger partial charge in [0.1, 0.15) is 0 Å². The van der Waals surface area contributed by atoms with E-state index in [0.717, 1.165) is 49.7 Å². The van der Waals surface area contributed by atoms with Crippen molar-refractivity contribution in [1.29, 1.82) is 0 Å². The van der Waals surface area contributed by atoms with Crippen molar-refractivity contribution in [3.63, 3.8) is 0 Å². The fourth-order valence-electron chi connectivity index (χ4n) is 5.59. The van der Waals surface area contributed by atoms with Gasteiger partial charge in [-0.2, -0.15) is 0 Å². The Kier molecular flexibility index (Phi) is 5.74. The van der Waals surface area contributed by atoms with Gasteiger partial charge in [0.2, 0.25) is 5.91 Å². The molecule has 1 N–H and O–H groups in total. The quantitative estimate of drug-likeness (QED) is 0.709. The minimum Gasteiger partial charge on any atom is -0.338 e. The van der Waals surface area contributed by atoms with E-state index in [2.05, 4.69) is 56.5 Å². The van der Waals surface area contributed by atoms with Crippen LogP contribution in [0.15, 0.2) is 53.0 Å². The molecule has 2 saturated heterocycles. The molecule has 5 nitrogen and oxygen atoms in total. The highest BCUT2D eigenvalue weighted by Crippen LogP contribution is 2.44. The average Bonchev–Trinajstić information content (AvgIpc) is 2.79. The molecule has 3 aliphatic heterocycles. The van der Waals surface area contributed by atoms with Crippen LogP contribution in [0.2, 0.25) is 0 Å². The molecule has 0 radical (unpaired) electrons. The smallest absolute Gasteiger partial charge is 0.317 e. The number of carbonyl (C=O) groups excluding carboxylic acids is 2. The lowest BCUT2D eigenvalue weighted by molar-refractivity contribution is -0.148. The first-order valence-corrected chi connectivity index (χ1v) is 12.1. The molecule has 0 bridgehead atoms. The third kappa shape index (κ3) is 3.98. The zero-order valence-electron chi connectivity index (χ0n) is 17.6. The van der Waals surface area contributed by atoms with E-state index in [4.69, 9.17) is 0 Å². The zero-order chi connectivity index (χ0) is 21.4. The van der Waals surface area contributed by atoms with E-state index in [1.807, 2.05) is 23.1 Å². The number of amides is 3. The molecule has 2 aromatic rings. The molecule has 0 unspecified atom stereocenters. The lowest BCUT2D eigenvalue weighted by atomic mass is 9.76. The summed E-state index contributed by atoms with van der Waals surface area (Å²) in [6.45, 7) is 2.11. The number of rotatable bonds is 3. The molecule has 3 aliphatic rings. The molecule has 0 aliphatic carbocycles. The van der Waals surface area contributed by atoms with Crippen LogP contribution in [0.5, 0.6) is 0 Å². The van der Waals surface area contributed by atoms with Crippen molar-refractivity contribution in [2.75, 3.05) is 19.6 Å². The molecule has 0 saturated carbocycles. The summed E-state index contributed by atoms with van der Waals surface area (Å²) in [5, 5.41) is 3.10. The molecule has 2 fully saturated rings. The Hall–Kier alpha value is -2.34. The summed E-state index contributed by atoms with van der Waals surface area (Å²) >= 11 is 3.57. The van der Waals surface area contributed by atoms with Gasteiger partial charge in [-0.3, -0.25) is 4.79 Å². The first-order chi connectivity index (χ1) is 15.1. The lowest BCUT2D eigenvalue weighted by Crippen LogP contribution is -2.61. The number of carbonyl (C=O) groups is 2. The summed E-state index contributed by atoms with van der Waals surface area (Å²) in [5.74, 6) is 0.165. The van der Waals surface area contributed by atoms with Crippen molar-refractivity contribution in [2.45, 2.75) is 44.2 Å². The van der Waals surface area contributed by atoms with Gasteiger partial charge in [0, 0.05) is 30.1 Å². The van der Waals surface area contributed by atoms with Gasteiger partial charge in [0.25, 0.3) is 0 Å². The standard InChI is InChI=1S/C25H28BrN3O2/c26-19-8-9-20-18(15-19)11-14-28-22(20)16-23-21(24(28)30)7-4-13-29(23)25(31)27-12-10-17-5-2-1-3-6-17/h1-3,5-6,8-9,15,21-23H,4,7,10-14,16H2,(H,27,31)/t21-,22+,23-/m1/s1. The molecule has 3 atom stereocenters. The monoisotopic (exact) mass is 481 g/mol. The first-order valence-electron chi connectivity index (χ1n) is 11.3. The van der Waals surface area contributed by atoms with Gasteiger partial charge in [-0.1, -0.05) is 52.3 Å². The van der Waals surface area contributed by atoms with Crippen molar-refractivity contribution in [2.24, 2.45) is 5.92 Å². The Bertz CT molecular complexity index is 980. The van der Waals surface area contributed by atoms with Gasteiger partial charge in [0.05, 0.1) is 12.0 Å².